The molecule has 1 heterocycles. The van der Waals surface area contributed by atoms with Crippen LogP contribution in [-0.4, -0.2) is 9.55 Å². The number of ether oxygens (including phenoxy) is 1. The van der Waals surface area contributed by atoms with Crippen LogP contribution in [0.25, 0.3) is 11.0 Å². The van der Waals surface area contributed by atoms with Crippen LogP contribution in [0.1, 0.15) is 24.4 Å². The van der Waals surface area contributed by atoms with E-state index >= 15 is 0 Å². The van der Waals surface area contributed by atoms with Gasteiger partial charge < -0.3 is 9.30 Å². The molecule has 1 atom stereocenters. The second kappa shape index (κ2) is 7.22. The Morgan fingerprint density at radius 3 is 2.38 bits per heavy atom. The van der Waals surface area contributed by atoms with Crippen LogP contribution < -0.4 is 4.74 Å². The molecule has 4 aromatic rings. The summed E-state index contributed by atoms with van der Waals surface area (Å²) >= 11 is 5.96. The van der Waals surface area contributed by atoms with Crippen molar-refractivity contribution in [2.24, 2.45) is 0 Å². The molecule has 26 heavy (non-hydrogen) atoms. The lowest BCUT2D eigenvalue weighted by Crippen LogP contribution is -2.12. The fourth-order valence-corrected chi connectivity index (χ4v) is 3.23. The van der Waals surface area contributed by atoms with Crippen LogP contribution in [0.5, 0.6) is 5.75 Å². The zero-order chi connectivity index (χ0) is 17.9. The van der Waals surface area contributed by atoms with Gasteiger partial charge in [-0.2, -0.15) is 0 Å². The van der Waals surface area contributed by atoms with Crippen molar-refractivity contribution in [2.45, 2.75) is 19.6 Å². The third-order valence-electron chi connectivity index (χ3n) is 4.36. The lowest BCUT2D eigenvalue weighted by molar-refractivity contribution is 0.212. The molecule has 1 unspecified atom stereocenters. The summed E-state index contributed by atoms with van der Waals surface area (Å²) in [5.74, 6) is 1.69. The standard InChI is InChI=1S/C22H19ClN2O/c1-16(26-19-13-11-18(23)12-14-19)22-24-20-9-5-6-10-21(20)25(22)15-17-7-3-2-4-8-17/h2-14,16H,15H2,1H3. The van der Waals surface area contributed by atoms with E-state index < -0.39 is 0 Å². The molecule has 130 valence electrons. The van der Waals surface area contributed by atoms with E-state index in [0.717, 1.165) is 29.2 Å². The molecular formula is C22H19ClN2O. The van der Waals surface area contributed by atoms with Gasteiger partial charge in [-0.25, -0.2) is 4.98 Å². The van der Waals surface area contributed by atoms with E-state index in [1.165, 1.54) is 5.56 Å². The molecule has 4 rings (SSSR count). The van der Waals surface area contributed by atoms with Crippen molar-refractivity contribution in [2.75, 3.05) is 0 Å². The van der Waals surface area contributed by atoms with Crippen molar-refractivity contribution < 1.29 is 4.74 Å². The first kappa shape index (κ1) is 16.7. The Bertz CT molecular complexity index is 1010. The van der Waals surface area contributed by atoms with Crippen LogP contribution in [0, 0.1) is 0 Å². The van der Waals surface area contributed by atoms with Crippen molar-refractivity contribution >= 4 is 22.6 Å². The van der Waals surface area contributed by atoms with Crippen molar-refractivity contribution in [3.8, 4) is 5.75 Å². The van der Waals surface area contributed by atoms with Gasteiger partial charge in [-0.05, 0) is 48.9 Å². The van der Waals surface area contributed by atoms with E-state index in [0.29, 0.717) is 5.02 Å². The Balaban J connectivity index is 1.71. The number of rotatable bonds is 5. The summed E-state index contributed by atoms with van der Waals surface area (Å²) in [6.07, 6.45) is -0.188. The highest BCUT2D eigenvalue weighted by Crippen LogP contribution is 2.26. The van der Waals surface area contributed by atoms with E-state index in [-0.39, 0.29) is 6.10 Å². The number of hydrogen-bond acceptors (Lipinski definition) is 2. The third-order valence-corrected chi connectivity index (χ3v) is 4.61. The Labute approximate surface area is 157 Å². The molecule has 0 bridgehead atoms. The number of nitrogens with zero attached hydrogens (tertiary/aromatic N) is 2. The summed E-state index contributed by atoms with van der Waals surface area (Å²) in [4.78, 5) is 4.83. The number of imidazole rings is 1. The maximum atomic E-state index is 6.12. The highest BCUT2D eigenvalue weighted by atomic mass is 35.5. The fraction of sp³-hybridized carbons (Fsp3) is 0.136. The quantitative estimate of drug-likeness (QED) is 0.443. The number of halogens is 1. The van der Waals surface area contributed by atoms with Gasteiger partial charge in [-0.3, -0.25) is 0 Å². The zero-order valence-corrected chi connectivity index (χ0v) is 15.2. The number of fused-ring (bicyclic) bond motifs is 1. The lowest BCUT2D eigenvalue weighted by atomic mass is 10.2. The summed E-state index contributed by atoms with van der Waals surface area (Å²) in [6.45, 7) is 2.78. The number of para-hydroxylation sites is 2. The molecule has 3 aromatic carbocycles. The predicted molar refractivity (Wildman–Crippen MR) is 106 cm³/mol. The van der Waals surface area contributed by atoms with Crippen LogP contribution in [0.2, 0.25) is 5.02 Å². The second-order valence-electron chi connectivity index (χ2n) is 6.24. The minimum Gasteiger partial charge on any atom is -0.483 e. The molecule has 0 radical (unpaired) electrons. The number of benzene rings is 3. The first-order chi connectivity index (χ1) is 12.7. The molecule has 1 aromatic heterocycles. The summed E-state index contributed by atoms with van der Waals surface area (Å²) in [5.41, 5.74) is 3.32. The van der Waals surface area contributed by atoms with Crippen LogP contribution >= 0.6 is 11.6 Å². The summed E-state index contributed by atoms with van der Waals surface area (Å²) in [7, 11) is 0. The molecule has 4 heteroatoms. The first-order valence-corrected chi connectivity index (χ1v) is 9.00. The maximum absolute atomic E-state index is 6.12. The average molecular weight is 363 g/mol. The molecule has 0 aliphatic heterocycles. The molecule has 0 aliphatic carbocycles. The largest absolute Gasteiger partial charge is 0.483 e. The Morgan fingerprint density at radius 2 is 1.62 bits per heavy atom. The van der Waals surface area contributed by atoms with Gasteiger partial charge in [0.1, 0.15) is 5.75 Å². The highest BCUT2D eigenvalue weighted by Gasteiger charge is 2.18. The lowest BCUT2D eigenvalue weighted by Gasteiger charge is -2.17. The van der Waals surface area contributed by atoms with Gasteiger partial charge in [0, 0.05) is 11.6 Å². The van der Waals surface area contributed by atoms with Crippen molar-refractivity contribution in [3.63, 3.8) is 0 Å². The van der Waals surface area contributed by atoms with E-state index in [4.69, 9.17) is 21.3 Å². The smallest absolute Gasteiger partial charge is 0.153 e. The molecule has 0 spiro atoms. The predicted octanol–water partition coefficient (Wildman–Crippen LogP) is 5.88. The maximum Gasteiger partial charge on any atom is 0.153 e. The van der Waals surface area contributed by atoms with Crippen molar-refractivity contribution in [3.05, 3.63) is 95.3 Å². The minimum absolute atomic E-state index is 0.188. The molecule has 0 saturated heterocycles. The first-order valence-electron chi connectivity index (χ1n) is 8.62. The zero-order valence-electron chi connectivity index (χ0n) is 14.5. The molecule has 3 nitrogen and oxygen atoms in total. The van der Waals surface area contributed by atoms with Crippen LogP contribution in [0.4, 0.5) is 0 Å². The van der Waals surface area contributed by atoms with Gasteiger partial charge in [0.15, 0.2) is 11.9 Å². The number of hydrogen-bond donors (Lipinski definition) is 0. The highest BCUT2D eigenvalue weighted by molar-refractivity contribution is 6.30. The van der Waals surface area contributed by atoms with Gasteiger partial charge in [-0.15, -0.1) is 0 Å². The Morgan fingerprint density at radius 1 is 0.923 bits per heavy atom. The Hall–Kier alpha value is -2.78. The molecule has 0 fully saturated rings. The van der Waals surface area contributed by atoms with Crippen LogP contribution in [0.15, 0.2) is 78.9 Å². The fourth-order valence-electron chi connectivity index (χ4n) is 3.11. The summed E-state index contributed by atoms with van der Waals surface area (Å²) in [5, 5.41) is 0.696. The van der Waals surface area contributed by atoms with Crippen molar-refractivity contribution in [1.29, 1.82) is 0 Å². The average Bonchev–Trinajstić information content (AvgIpc) is 3.03. The summed E-state index contributed by atoms with van der Waals surface area (Å²) < 4.78 is 8.35. The second-order valence-corrected chi connectivity index (χ2v) is 6.68. The van der Waals surface area contributed by atoms with E-state index in [1.54, 1.807) is 0 Å². The SMILES string of the molecule is CC(Oc1ccc(Cl)cc1)c1nc2ccccc2n1Cc1ccccc1. The van der Waals surface area contributed by atoms with Gasteiger partial charge >= 0.3 is 0 Å². The van der Waals surface area contributed by atoms with Gasteiger partial charge in [0.2, 0.25) is 0 Å². The number of aromatic nitrogens is 2. The van der Waals surface area contributed by atoms with Gasteiger partial charge in [-0.1, -0.05) is 54.1 Å². The summed E-state index contributed by atoms with van der Waals surface area (Å²) in [6, 6.07) is 26.0. The van der Waals surface area contributed by atoms with Gasteiger partial charge in [0.25, 0.3) is 0 Å². The van der Waals surface area contributed by atoms with E-state index in [1.807, 2.05) is 55.5 Å². The molecule has 0 aliphatic rings. The topological polar surface area (TPSA) is 27.1 Å². The van der Waals surface area contributed by atoms with E-state index in [2.05, 4.69) is 34.9 Å². The molecule has 0 amide bonds. The van der Waals surface area contributed by atoms with Crippen LogP contribution in [-0.2, 0) is 6.54 Å². The third kappa shape index (κ3) is 3.44. The molecule has 0 saturated carbocycles. The normalized spacial score (nSPS) is 12.2. The van der Waals surface area contributed by atoms with Crippen LogP contribution in [0.3, 0.4) is 0 Å². The van der Waals surface area contributed by atoms with Gasteiger partial charge in [0.05, 0.1) is 11.0 Å². The van der Waals surface area contributed by atoms with E-state index in [9.17, 15) is 0 Å². The molecule has 0 N–H and O–H groups in total. The minimum atomic E-state index is -0.188. The Kier molecular flexibility index (Phi) is 4.63. The van der Waals surface area contributed by atoms with Crippen molar-refractivity contribution in [1.82, 2.24) is 9.55 Å². The molecular weight excluding hydrogens is 344 g/mol. The monoisotopic (exact) mass is 362 g/mol.